The average molecular weight is 241 g/mol. The predicted octanol–water partition coefficient (Wildman–Crippen LogP) is 3.22. The highest BCUT2D eigenvalue weighted by Crippen LogP contribution is 2.50. The van der Waals surface area contributed by atoms with Crippen LogP contribution in [0.25, 0.3) is 0 Å². The van der Waals surface area contributed by atoms with Gasteiger partial charge in [0.2, 0.25) is 0 Å². The average Bonchev–Trinajstić information content (AvgIpc) is 3.00. The normalized spacial score (nSPS) is 26.2. The lowest BCUT2D eigenvalue weighted by molar-refractivity contribution is 0.223. The topological polar surface area (TPSA) is 3.24 Å². The zero-order valence-corrected chi connectivity index (χ0v) is 11.8. The van der Waals surface area contributed by atoms with Gasteiger partial charge < -0.3 is 4.90 Å². The van der Waals surface area contributed by atoms with E-state index >= 15 is 0 Å². The third-order valence-electron chi connectivity index (χ3n) is 4.16. The fourth-order valence-corrected chi connectivity index (χ4v) is 3.86. The Bertz CT molecular complexity index is 245. The molecule has 1 aliphatic carbocycles. The quantitative estimate of drug-likeness (QED) is 0.668. The van der Waals surface area contributed by atoms with Crippen LogP contribution in [0.2, 0.25) is 0 Å². The van der Waals surface area contributed by atoms with Crippen molar-refractivity contribution < 1.29 is 0 Å². The van der Waals surface area contributed by atoms with Crippen LogP contribution in [0.5, 0.6) is 0 Å². The highest BCUT2D eigenvalue weighted by Gasteiger charge is 2.43. The van der Waals surface area contributed by atoms with Gasteiger partial charge >= 0.3 is 0 Å². The van der Waals surface area contributed by atoms with E-state index in [2.05, 4.69) is 24.6 Å². The summed E-state index contributed by atoms with van der Waals surface area (Å²) in [7, 11) is 0.478. The molecule has 2 rings (SSSR count). The van der Waals surface area contributed by atoms with Gasteiger partial charge in [-0.05, 0) is 30.6 Å². The summed E-state index contributed by atoms with van der Waals surface area (Å²) in [5.41, 5.74) is 0.737. The molecule has 1 saturated heterocycles. The summed E-state index contributed by atoms with van der Waals surface area (Å²) in [6, 6.07) is 0. The molecule has 0 aromatic carbocycles. The molecule has 2 aliphatic rings. The van der Waals surface area contributed by atoms with Crippen LogP contribution >= 0.6 is 10.5 Å². The molecule has 0 aromatic heterocycles. The molecule has 2 fully saturated rings. The van der Waals surface area contributed by atoms with Gasteiger partial charge in [0, 0.05) is 31.1 Å². The van der Waals surface area contributed by atoms with Gasteiger partial charge in [0.05, 0.1) is 0 Å². The molecule has 0 bridgehead atoms. The van der Waals surface area contributed by atoms with Gasteiger partial charge in [-0.3, -0.25) is 0 Å². The summed E-state index contributed by atoms with van der Waals surface area (Å²) in [4.78, 5) is 2.71. The zero-order valence-electron chi connectivity index (χ0n) is 11.0. The minimum Gasteiger partial charge on any atom is -0.301 e. The molecule has 0 N–H and O–H groups in total. The molecular weight excluding hydrogens is 214 g/mol. The fraction of sp³-hybridized carbons (Fsp3) is 0.929. The van der Waals surface area contributed by atoms with E-state index in [1.807, 2.05) is 0 Å². The number of nitrogens with zero attached hydrogens (tertiary/aromatic N) is 1. The summed E-state index contributed by atoms with van der Waals surface area (Å²) < 4.78 is 0. The monoisotopic (exact) mass is 241 g/mol. The van der Waals surface area contributed by atoms with Gasteiger partial charge in [-0.2, -0.15) is 10.5 Å². The van der Waals surface area contributed by atoms with E-state index < -0.39 is 0 Å². The first-order valence-electron chi connectivity index (χ1n) is 6.79. The molecule has 0 aromatic rings. The maximum absolute atomic E-state index is 4.20. The third kappa shape index (κ3) is 3.59. The molecule has 0 amide bonds. The van der Waals surface area contributed by atoms with E-state index in [9.17, 15) is 0 Å². The number of rotatable bonds is 5. The van der Waals surface area contributed by atoms with E-state index in [1.165, 1.54) is 56.8 Å². The molecule has 1 aliphatic heterocycles. The molecule has 2 heteroatoms. The zero-order chi connectivity index (χ0) is 11.6. The van der Waals surface area contributed by atoms with Crippen molar-refractivity contribution in [2.75, 3.05) is 31.1 Å². The maximum Gasteiger partial charge on any atom is 0.00682 e. The van der Waals surface area contributed by atoms with Gasteiger partial charge in [0.25, 0.3) is 0 Å². The molecule has 0 atom stereocenters. The first-order chi connectivity index (χ1) is 7.60. The Labute approximate surface area is 104 Å². The largest absolute Gasteiger partial charge is 0.301 e. The van der Waals surface area contributed by atoms with E-state index in [0.717, 1.165) is 11.3 Å². The van der Waals surface area contributed by atoms with E-state index in [-0.39, 0.29) is 0 Å². The standard InChI is InChI=1S/C14H27NS/c1-13(2)4-5-14(6-7-14)12-15-8-10-16(3)11-9-15/h13H,3-12H2,1-2H3. The van der Waals surface area contributed by atoms with Crippen LogP contribution in [0, 0.1) is 11.3 Å². The van der Waals surface area contributed by atoms with Crippen LogP contribution < -0.4 is 0 Å². The molecule has 0 spiro atoms. The van der Waals surface area contributed by atoms with Crippen molar-refractivity contribution in [1.29, 1.82) is 0 Å². The van der Waals surface area contributed by atoms with Crippen molar-refractivity contribution in [2.45, 2.75) is 39.5 Å². The summed E-state index contributed by atoms with van der Waals surface area (Å²) >= 11 is 0. The number of hydrogen-bond donors (Lipinski definition) is 0. The van der Waals surface area contributed by atoms with E-state index in [0.29, 0.717) is 10.5 Å². The van der Waals surface area contributed by atoms with Crippen LogP contribution in [-0.4, -0.2) is 41.9 Å². The van der Waals surface area contributed by atoms with Crippen LogP contribution in [0.15, 0.2) is 0 Å². The molecule has 16 heavy (non-hydrogen) atoms. The highest BCUT2D eigenvalue weighted by atomic mass is 32.2. The predicted molar refractivity (Wildman–Crippen MR) is 76.6 cm³/mol. The lowest BCUT2D eigenvalue weighted by Crippen LogP contribution is -2.37. The van der Waals surface area contributed by atoms with Gasteiger partial charge in [-0.15, -0.1) is 0 Å². The first kappa shape index (κ1) is 12.6. The van der Waals surface area contributed by atoms with Gasteiger partial charge in [-0.25, -0.2) is 0 Å². The fourth-order valence-electron chi connectivity index (χ4n) is 2.62. The summed E-state index contributed by atoms with van der Waals surface area (Å²) in [5.74, 6) is 7.78. The SMILES string of the molecule is C=S1CCN(CC2(CCC(C)C)CC2)CC1. The molecular formula is C14H27NS. The Kier molecular flexibility index (Phi) is 4.12. The van der Waals surface area contributed by atoms with Crippen molar-refractivity contribution in [2.24, 2.45) is 11.3 Å². The van der Waals surface area contributed by atoms with Gasteiger partial charge in [0.1, 0.15) is 0 Å². The molecule has 1 heterocycles. The van der Waals surface area contributed by atoms with Crippen LogP contribution in [-0.2, 0) is 0 Å². The van der Waals surface area contributed by atoms with Crippen molar-refractivity contribution in [3.8, 4) is 0 Å². The maximum atomic E-state index is 4.20. The Hall–Kier alpha value is 0.180. The Balaban J connectivity index is 1.74. The Morgan fingerprint density at radius 2 is 1.88 bits per heavy atom. The third-order valence-corrected chi connectivity index (χ3v) is 5.68. The minimum absolute atomic E-state index is 0.478. The van der Waals surface area contributed by atoms with Crippen LogP contribution in [0.3, 0.4) is 0 Å². The molecule has 1 nitrogen and oxygen atoms in total. The van der Waals surface area contributed by atoms with E-state index in [4.69, 9.17) is 0 Å². The minimum atomic E-state index is 0.478. The molecule has 1 saturated carbocycles. The summed E-state index contributed by atoms with van der Waals surface area (Å²) in [6.45, 7) is 8.72. The van der Waals surface area contributed by atoms with Gasteiger partial charge in [-0.1, -0.05) is 26.1 Å². The lowest BCUT2D eigenvalue weighted by Gasteiger charge is -2.32. The van der Waals surface area contributed by atoms with Crippen molar-refractivity contribution >= 4 is 16.4 Å². The second-order valence-electron chi connectivity index (χ2n) is 6.23. The first-order valence-corrected chi connectivity index (χ1v) is 8.52. The summed E-state index contributed by atoms with van der Waals surface area (Å²) in [5, 5.41) is 0. The molecule has 0 unspecified atom stereocenters. The second kappa shape index (κ2) is 5.22. The molecule has 94 valence electrons. The van der Waals surface area contributed by atoms with Crippen molar-refractivity contribution in [3.05, 3.63) is 0 Å². The smallest absolute Gasteiger partial charge is 0.00682 e. The molecule has 0 radical (unpaired) electrons. The second-order valence-corrected chi connectivity index (χ2v) is 8.27. The van der Waals surface area contributed by atoms with Crippen LogP contribution in [0.1, 0.15) is 39.5 Å². The lowest BCUT2D eigenvalue weighted by atomic mass is 9.94. The van der Waals surface area contributed by atoms with Gasteiger partial charge in [0.15, 0.2) is 0 Å². The summed E-state index contributed by atoms with van der Waals surface area (Å²) in [6.07, 6.45) is 5.88. The van der Waals surface area contributed by atoms with Crippen molar-refractivity contribution in [3.63, 3.8) is 0 Å². The number of hydrogen-bond acceptors (Lipinski definition) is 1. The van der Waals surface area contributed by atoms with E-state index in [1.54, 1.807) is 0 Å². The Morgan fingerprint density at radius 1 is 1.25 bits per heavy atom. The Morgan fingerprint density at radius 3 is 2.38 bits per heavy atom. The van der Waals surface area contributed by atoms with Crippen LogP contribution in [0.4, 0.5) is 0 Å². The highest BCUT2D eigenvalue weighted by molar-refractivity contribution is 8.14. The van der Waals surface area contributed by atoms with Crippen molar-refractivity contribution in [1.82, 2.24) is 4.90 Å².